The smallest absolute Gasteiger partial charge is 0.243 e. The summed E-state index contributed by atoms with van der Waals surface area (Å²) in [6, 6.07) is 10.6. The van der Waals surface area contributed by atoms with Gasteiger partial charge in [0.2, 0.25) is 17.7 Å². The fourth-order valence-electron chi connectivity index (χ4n) is 4.31. The molecule has 2 unspecified atom stereocenters. The van der Waals surface area contributed by atoms with Crippen LogP contribution in [0.4, 0.5) is 0 Å². The number of nitrogens with one attached hydrogen (secondary N) is 3. The van der Waals surface area contributed by atoms with Crippen LogP contribution < -0.4 is 21.1 Å². The Hall–Kier alpha value is -3.44. The van der Waals surface area contributed by atoms with Gasteiger partial charge in [-0.2, -0.15) is 0 Å². The van der Waals surface area contributed by atoms with E-state index >= 15 is 0 Å². The van der Waals surface area contributed by atoms with Crippen LogP contribution in [0.3, 0.4) is 0 Å². The third-order valence-electron chi connectivity index (χ3n) is 6.03. The summed E-state index contributed by atoms with van der Waals surface area (Å²) in [5, 5.41) is 14.9. The first-order chi connectivity index (χ1) is 17.7. The highest BCUT2D eigenvalue weighted by Gasteiger charge is 2.39. The van der Waals surface area contributed by atoms with E-state index < -0.39 is 6.04 Å². The first-order valence-electron chi connectivity index (χ1n) is 12.3. The van der Waals surface area contributed by atoms with Gasteiger partial charge in [-0.25, -0.2) is 0 Å². The van der Waals surface area contributed by atoms with E-state index in [1.807, 2.05) is 49.3 Å². The van der Waals surface area contributed by atoms with Crippen LogP contribution in [-0.2, 0) is 20.9 Å². The van der Waals surface area contributed by atoms with Crippen LogP contribution in [0, 0.1) is 11.3 Å². The zero-order valence-electron chi connectivity index (χ0n) is 21.4. The number of benzene rings is 1. The quantitative estimate of drug-likeness (QED) is 0.176. The van der Waals surface area contributed by atoms with Gasteiger partial charge in [0.15, 0.2) is 0 Å². The lowest BCUT2D eigenvalue weighted by Gasteiger charge is -2.24. The summed E-state index contributed by atoms with van der Waals surface area (Å²) in [5.74, 6) is 0.170. The summed E-state index contributed by atoms with van der Waals surface area (Å²) in [6.07, 6.45) is 1.34. The molecule has 0 aliphatic carbocycles. The molecule has 200 valence electrons. The van der Waals surface area contributed by atoms with Crippen molar-refractivity contribution >= 4 is 34.9 Å². The lowest BCUT2D eigenvalue weighted by Crippen LogP contribution is -2.48. The predicted molar refractivity (Wildman–Crippen MR) is 144 cm³/mol. The molecule has 1 aliphatic heterocycles. The van der Waals surface area contributed by atoms with Gasteiger partial charge in [0.1, 0.15) is 17.6 Å². The third-order valence-corrected chi connectivity index (χ3v) is 6.97. The molecule has 11 heteroatoms. The van der Waals surface area contributed by atoms with E-state index in [1.165, 1.54) is 11.3 Å². The standard InChI is InChI=1S/C26H36N6O4S/c1-31(2)15-18-11-22(26(35)30-13-21-12-19(17-37-21)25(27)28)32(16-18)24(34)14-29-23(33)9-6-10-36-20-7-4-3-5-8-20/h3-5,7-8,12,17-18,22H,6,9-11,13-16H2,1-2H3,(H3,27,28)(H,29,33)(H,30,35). The van der Waals surface area contributed by atoms with Crippen molar-refractivity contribution in [2.45, 2.75) is 31.8 Å². The second-order valence-corrected chi connectivity index (χ2v) is 10.4. The van der Waals surface area contributed by atoms with Crippen molar-refractivity contribution in [2.24, 2.45) is 11.7 Å². The molecule has 3 amide bonds. The van der Waals surface area contributed by atoms with Crippen molar-refractivity contribution < 1.29 is 19.1 Å². The number of amides is 3. The first-order valence-corrected chi connectivity index (χ1v) is 13.2. The molecule has 1 aromatic heterocycles. The molecule has 0 spiro atoms. The molecule has 2 atom stereocenters. The number of rotatable bonds is 13. The van der Waals surface area contributed by atoms with Gasteiger partial charge in [-0.15, -0.1) is 11.3 Å². The van der Waals surface area contributed by atoms with Crippen molar-refractivity contribution in [3.05, 3.63) is 52.2 Å². The number of nitrogen functional groups attached to an aromatic ring is 1. The van der Waals surface area contributed by atoms with Crippen LogP contribution in [0.2, 0.25) is 0 Å². The lowest BCUT2D eigenvalue weighted by atomic mass is 10.0. The minimum absolute atomic E-state index is 0.0151. The Morgan fingerprint density at radius 3 is 2.65 bits per heavy atom. The zero-order valence-corrected chi connectivity index (χ0v) is 22.2. The average molecular weight is 529 g/mol. The van der Waals surface area contributed by atoms with Gasteiger partial charge in [0.05, 0.1) is 19.7 Å². The molecule has 2 aromatic rings. The van der Waals surface area contributed by atoms with E-state index in [2.05, 4.69) is 10.6 Å². The Bertz CT molecular complexity index is 1070. The van der Waals surface area contributed by atoms with Crippen LogP contribution in [0.1, 0.15) is 29.7 Å². The number of ether oxygens (including phenoxy) is 1. The number of nitrogens with zero attached hydrogens (tertiary/aromatic N) is 2. The number of para-hydroxylation sites is 1. The van der Waals surface area contributed by atoms with E-state index in [9.17, 15) is 14.4 Å². The summed E-state index contributed by atoms with van der Waals surface area (Å²) in [7, 11) is 3.93. The van der Waals surface area contributed by atoms with Crippen LogP contribution in [0.15, 0.2) is 41.8 Å². The summed E-state index contributed by atoms with van der Waals surface area (Å²) in [4.78, 5) is 42.8. The zero-order chi connectivity index (χ0) is 26.8. The van der Waals surface area contributed by atoms with Crippen molar-refractivity contribution in [3.8, 4) is 5.75 Å². The molecule has 0 radical (unpaired) electrons. The molecular formula is C26H36N6O4S. The lowest BCUT2D eigenvalue weighted by molar-refractivity contribution is -0.138. The SMILES string of the molecule is CN(C)CC1CC(C(=O)NCc2cc(C(=N)N)cs2)N(C(=O)CNC(=O)CCCOc2ccccc2)C1. The number of amidine groups is 1. The number of likely N-dealkylation sites (tertiary alicyclic amines) is 1. The van der Waals surface area contributed by atoms with Crippen LogP contribution in [0.5, 0.6) is 5.75 Å². The molecule has 1 fully saturated rings. The van der Waals surface area contributed by atoms with E-state index in [0.717, 1.165) is 17.2 Å². The molecule has 37 heavy (non-hydrogen) atoms. The number of thiophene rings is 1. The minimum Gasteiger partial charge on any atom is -0.494 e. The molecule has 0 bridgehead atoms. The van der Waals surface area contributed by atoms with E-state index in [4.69, 9.17) is 15.9 Å². The maximum atomic E-state index is 13.1. The van der Waals surface area contributed by atoms with E-state index in [0.29, 0.717) is 38.1 Å². The molecule has 1 aromatic carbocycles. The van der Waals surface area contributed by atoms with E-state index in [1.54, 1.807) is 16.3 Å². The van der Waals surface area contributed by atoms with Crippen molar-refractivity contribution in [1.82, 2.24) is 20.4 Å². The third kappa shape index (κ3) is 8.87. The van der Waals surface area contributed by atoms with Gasteiger partial charge in [-0.1, -0.05) is 18.2 Å². The van der Waals surface area contributed by atoms with Crippen LogP contribution >= 0.6 is 11.3 Å². The maximum Gasteiger partial charge on any atom is 0.243 e. The fourth-order valence-corrected chi connectivity index (χ4v) is 5.13. The maximum absolute atomic E-state index is 13.1. The molecule has 5 N–H and O–H groups in total. The number of hydrogen-bond acceptors (Lipinski definition) is 7. The fraction of sp³-hybridized carbons (Fsp3) is 0.462. The van der Waals surface area contributed by atoms with Crippen molar-refractivity contribution in [3.63, 3.8) is 0 Å². The molecule has 0 saturated carbocycles. The average Bonchev–Trinajstić information content (AvgIpc) is 3.52. The number of hydrogen-bond donors (Lipinski definition) is 4. The van der Waals surface area contributed by atoms with E-state index in [-0.39, 0.29) is 42.4 Å². The Balaban J connectivity index is 1.48. The van der Waals surface area contributed by atoms with Crippen molar-refractivity contribution in [1.29, 1.82) is 5.41 Å². The summed E-state index contributed by atoms with van der Waals surface area (Å²) >= 11 is 1.42. The van der Waals surface area contributed by atoms with Gasteiger partial charge < -0.3 is 30.9 Å². The Morgan fingerprint density at radius 1 is 1.22 bits per heavy atom. The monoisotopic (exact) mass is 528 g/mol. The molecular weight excluding hydrogens is 492 g/mol. The summed E-state index contributed by atoms with van der Waals surface area (Å²) < 4.78 is 5.60. The Labute approximate surface area is 221 Å². The second-order valence-electron chi connectivity index (χ2n) is 9.40. The summed E-state index contributed by atoms with van der Waals surface area (Å²) in [6.45, 7) is 1.78. The highest BCUT2D eigenvalue weighted by Crippen LogP contribution is 2.24. The Morgan fingerprint density at radius 2 is 1.97 bits per heavy atom. The summed E-state index contributed by atoms with van der Waals surface area (Å²) in [5.41, 5.74) is 6.14. The second kappa shape index (κ2) is 13.8. The Kier molecular flexibility index (Phi) is 10.5. The number of carbonyl (C=O) groups excluding carboxylic acids is 3. The largest absolute Gasteiger partial charge is 0.494 e. The molecule has 10 nitrogen and oxygen atoms in total. The van der Waals surface area contributed by atoms with Crippen LogP contribution in [-0.4, -0.2) is 79.7 Å². The van der Waals surface area contributed by atoms with Gasteiger partial charge in [0, 0.05) is 35.3 Å². The van der Waals surface area contributed by atoms with Gasteiger partial charge in [-0.3, -0.25) is 19.8 Å². The normalized spacial score (nSPS) is 17.0. The highest BCUT2D eigenvalue weighted by molar-refractivity contribution is 7.10. The first kappa shape index (κ1) is 28.1. The minimum atomic E-state index is -0.596. The van der Waals surface area contributed by atoms with Crippen molar-refractivity contribution in [2.75, 3.05) is 40.3 Å². The van der Waals surface area contributed by atoms with Crippen LogP contribution in [0.25, 0.3) is 0 Å². The van der Waals surface area contributed by atoms with Gasteiger partial charge in [-0.05, 0) is 51.1 Å². The predicted octanol–water partition coefficient (Wildman–Crippen LogP) is 1.40. The topological polar surface area (TPSA) is 141 Å². The van der Waals surface area contributed by atoms with Gasteiger partial charge in [0.25, 0.3) is 0 Å². The number of carbonyl (C=O) groups is 3. The highest BCUT2D eigenvalue weighted by atomic mass is 32.1. The molecule has 1 aliphatic rings. The number of nitrogens with two attached hydrogens (primary N) is 1. The molecule has 2 heterocycles. The molecule has 3 rings (SSSR count). The molecule has 1 saturated heterocycles. The van der Waals surface area contributed by atoms with Gasteiger partial charge >= 0.3 is 0 Å².